The van der Waals surface area contributed by atoms with E-state index in [9.17, 15) is 13.2 Å². The molecule has 13 heavy (non-hydrogen) atoms. The minimum absolute atomic E-state index is 0.0312. The zero-order chi connectivity index (χ0) is 10.1. The molecule has 0 aromatic heterocycles. The quantitative estimate of drug-likeness (QED) is 0.634. The molecule has 0 N–H and O–H groups in total. The van der Waals surface area contributed by atoms with E-state index in [0.29, 0.717) is 13.1 Å². The summed E-state index contributed by atoms with van der Waals surface area (Å²) in [5.41, 5.74) is -1.90. The third-order valence-electron chi connectivity index (χ3n) is 2.70. The molecule has 1 fully saturated rings. The number of nitrogens with zero attached hydrogens (tertiary/aromatic N) is 1. The average molecular weight is 197 g/mol. The molecule has 1 rings (SSSR count). The van der Waals surface area contributed by atoms with Crippen molar-refractivity contribution in [1.82, 2.24) is 4.90 Å². The van der Waals surface area contributed by atoms with Crippen LogP contribution in [-0.2, 0) is 4.74 Å². The topological polar surface area (TPSA) is 12.5 Å². The molecule has 1 aliphatic heterocycles. The molecule has 0 unspecified atom stereocenters. The molecular weight excluding hydrogens is 183 g/mol. The molecule has 1 saturated heterocycles. The lowest BCUT2D eigenvalue weighted by atomic mass is 9.91. The molecule has 0 amide bonds. The Morgan fingerprint density at radius 3 is 2.00 bits per heavy atom. The number of hydrogen-bond donors (Lipinski definition) is 0. The van der Waals surface area contributed by atoms with Crippen molar-refractivity contribution >= 4 is 0 Å². The highest BCUT2D eigenvalue weighted by Crippen LogP contribution is 2.40. The number of likely N-dealkylation sites (tertiary alicyclic amines) is 1. The van der Waals surface area contributed by atoms with Gasteiger partial charge in [0.2, 0.25) is 0 Å². The first-order chi connectivity index (χ1) is 5.91. The Bertz CT molecular complexity index is 173. The van der Waals surface area contributed by atoms with Gasteiger partial charge in [0.1, 0.15) is 0 Å². The van der Waals surface area contributed by atoms with E-state index in [0.717, 1.165) is 7.11 Å². The highest BCUT2D eigenvalue weighted by atomic mass is 19.4. The predicted octanol–water partition coefficient (Wildman–Crippen LogP) is 1.66. The smallest absolute Gasteiger partial charge is 0.369 e. The van der Waals surface area contributed by atoms with Gasteiger partial charge >= 0.3 is 6.18 Å². The van der Waals surface area contributed by atoms with Crippen molar-refractivity contribution in [2.45, 2.75) is 24.6 Å². The van der Waals surface area contributed by atoms with E-state index in [1.807, 2.05) is 11.9 Å². The number of alkyl halides is 3. The van der Waals surface area contributed by atoms with E-state index in [1.165, 1.54) is 0 Å². The number of ether oxygens (including phenoxy) is 1. The van der Waals surface area contributed by atoms with Crippen molar-refractivity contribution in [3.8, 4) is 0 Å². The zero-order valence-electron chi connectivity index (χ0n) is 7.82. The van der Waals surface area contributed by atoms with Crippen LogP contribution in [0.15, 0.2) is 0 Å². The molecule has 0 aromatic rings. The molecule has 1 heterocycles. The van der Waals surface area contributed by atoms with E-state index in [1.54, 1.807) is 0 Å². The summed E-state index contributed by atoms with van der Waals surface area (Å²) in [6.07, 6.45) is -4.18. The molecule has 0 bridgehead atoms. The summed E-state index contributed by atoms with van der Waals surface area (Å²) in [6, 6.07) is 0. The van der Waals surface area contributed by atoms with Gasteiger partial charge in [-0.2, -0.15) is 13.2 Å². The monoisotopic (exact) mass is 197 g/mol. The summed E-state index contributed by atoms with van der Waals surface area (Å²) in [7, 11) is 2.95. The summed E-state index contributed by atoms with van der Waals surface area (Å²) in [5.74, 6) is 0. The Balaban J connectivity index is 2.72. The predicted molar refractivity (Wildman–Crippen MR) is 42.5 cm³/mol. The lowest BCUT2D eigenvalue weighted by molar-refractivity contribution is -0.281. The van der Waals surface area contributed by atoms with Gasteiger partial charge in [0.15, 0.2) is 5.60 Å². The second-order valence-corrected chi connectivity index (χ2v) is 3.50. The fraction of sp³-hybridized carbons (Fsp3) is 1.00. The van der Waals surface area contributed by atoms with Crippen molar-refractivity contribution in [2.75, 3.05) is 27.2 Å². The standard InChI is InChI=1S/C8H14F3NO/c1-12-5-3-7(13-2,4-6-12)8(9,10)11/h3-6H2,1-2H3. The van der Waals surface area contributed by atoms with E-state index in [4.69, 9.17) is 0 Å². The van der Waals surface area contributed by atoms with Gasteiger partial charge in [-0.1, -0.05) is 0 Å². The summed E-state index contributed by atoms with van der Waals surface area (Å²) in [5, 5.41) is 0. The molecule has 2 nitrogen and oxygen atoms in total. The van der Waals surface area contributed by atoms with Crippen molar-refractivity contribution in [2.24, 2.45) is 0 Å². The van der Waals surface area contributed by atoms with E-state index < -0.39 is 11.8 Å². The second-order valence-electron chi connectivity index (χ2n) is 3.50. The molecule has 0 aliphatic carbocycles. The average Bonchev–Trinajstić information content (AvgIpc) is 2.04. The van der Waals surface area contributed by atoms with Crippen LogP contribution in [0, 0.1) is 0 Å². The molecule has 5 heteroatoms. The Kier molecular flexibility index (Phi) is 2.87. The number of piperidine rings is 1. The van der Waals surface area contributed by atoms with Gasteiger partial charge in [0, 0.05) is 20.2 Å². The highest BCUT2D eigenvalue weighted by Gasteiger charge is 2.55. The third-order valence-corrected chi connectivity index (χ3v) is 2.70. The fourth-order valence-corrected chi connectivity index (χ4v) is 1.58. The molecule has 0 spiro atoms. The Hall–Kier alpha value is -0.290. The van der Waals surface area contributed by atoms with Gasteiger partial charge in [0.05, 0.1) is 0 Å². The maximum Gasteiger partial charge on any atom is 0.417 e. The number of rotatable bonds is 1. The van der Waals surface area contributed by atoms with Crippen molar-refractivity contribution in [3.05, 3.63) is 0 Å². The summed E-state index contributed by atoms with van der Waals surface area (Å²) < 4.78 is 42.4. The van der Waals surface area contributed by atoms with Crippen molar-refractivity contribution in [3.63, 3.8) is 0 Å². The van der Waals surface area contributed by atoms with E-state index in [-0.39, 0.29) is 12.8 Å². The molecule has 0 saturated carbocycles. The SMILES string of the molecule is COC1(C(F)(F)F)CCN(C)CC1. The van der Waals surface area contributed by atoms with Crippen LogP contribution in [0.25, 0.3) is 0 Å². The highest BCUT2D eigenvalue weighted by molar-refractivity contribution is 4.92. The first-order valence-corrected chi connectivity index (χ1v) is 4.22. The van der Waals surface area contributed by atoms with Crippen molar-refractivity contribution in [1.29, 1.82) is 0 Å². The molecule has 0 radical (unpaired) electrons. The van der Waals surface area contributed by atoms with Gasteiger partial charge in [-0.05, 0) is 19.9 Å². The van der Waals surface area contributed by atoms with Gasteiger partial charge in [-0.25, -0.2) is 0 Å². The van der Waals surface area contributed by atoms with E-state index >= 15 is 0 Å². The van der Waals surface area contributed by atoms with E-state index in [2.05, 4.69) is 4.74 Å². The number of methoxy groups -OCH3 is 1. The van der Waals surface area contributed by atoms with Crippen LogP contribution in [0.4, 0.5) is 13.2 Å². The second kappa shape index (κ2) is 3.46. The van der Waals surface area contributed by atoms with Crippen LogP contribution in [0.1, 0.15) is 12.8 Å². The Labute approximate surface area is 75.7 Å². The van der Waals surface area contributed by atoms with Gasteiger partial charge < -0.3 is 9.64 Å². The van der Waals surface area contributed by atoms with Crippen LogP contribution >= 0.6 is 0 Å². The van der Waals surface area contributed by atoms with Gasteiger partial charge in [0.25, 0.3) is 0 Å². The zero-order valence-corrected chi connectivity index (χ0v) is 7.82. The molecule has 0 atom stereocenters. The molecule has 78 valence electrons. The first kappa shape index (κ1) is 10.8. The van der Waals surface area contributed by atoms with Crippen LogP contribution in [0.2, 0.25) is 0 Å². The fourth-order valence-electron chi connectivity index (χ4n) is 1.58. The number of halogens is 3. The molecular formula is C8H14F3NO. The van der Waals surface area contributed by atoms with Crippen molar-refractivity contribution < 1.29 is 17.9 Å². The summed E-state index contributed by atoms with van der Waals surface area (Å²) in [4.78, 5) is 1.88. The Morgan fingerprint density at radius 1 is 1.23 bits per heavy atom. The van der Waals surface area contributed by atoms with Crippen LogP contribution < -0.4 is 0 Å². The largest absolute Gasteiger partial charge is 0.417 e. The van der Waals surface area contributed by atoms with Crippen LogP contribution in [-0.4, -0.2) is 43.9 Å². The third kappa shape index (κ3) is 1.96. The maximum absolute atomic E-state index is 12.6. The minimum Gasteiger partial charge on any atom is -0.369 e. The first-order valence-electron chi connectivity index (χ1n) is 4.22. The maximum atomic E-state index is 12.6. The minimum atomic E-state index is -4.25. The lowest BCUT2D eigenvalue weighted by Gasteiger charge is -2.40. The molecule has 1 aliphatic rings. The number of hydrogen-bond acceptors (Lipinski definition) is 2. The normalized spacial score (nSPS) is 24.7. The van der Waals surface area contributed by atoms with Gasteiger partial charge in [-0.15, -0.1) is 0 Å². The summed E-state index contributed by atoms with van der Waals surface area (Å²) >= 11 is 0. The van der Waals surface area contributed by atoms with Crippen LogP contribution in [0.3, 0.4) is 0 Å². The van der Waals surface area contributed by atoms with Gasteiger partial charge in [-0.3, -0.25) is 0 Å². The molecule has 0 aromatic carbocycles. The summed E-state index contributed by atoms with van der Waals surface area (Å²) in [6.45, 7) is 0.876. The van der Waals surface area contributed by atoms with Crippen LogP contribution in [0.5, 0.6) is 0 Å². The lowest BCUT2D eigenvalue weighted by Crippen LogP contribution is -2.53. The Morgan fingerprint density at radius 2 is 1.69 bits per heavy atom.